The highest BCUT2D eigenvalue weighted by Crippen LogP contribution is 1.74. The van der Waals surface area contributed by atoms with Gasteiger partial charge in [-0.3, -0.25) is 4.79 Å². The van der Waals surface area contributed by atoms with Crippen LogP contribution in [0.25, 0.3) is 0 Å². The molecule has 0 unspecified atom stereocenters. The van der Waals surface area contributed by atoms with Crippen molar-refractivity contribution in [2.24, 2.45) is 0 Å². The van der Waals surface area contributed by atoms with E-state index in [4.69, 9.17) is 10.2 Å². The highest BCUT2D eigenvalue weighted by Gasteiger charge is 1.96. The molecule has 4 heteroatoms. The average molecular weight is 134 g/mol. The van der Waals surface area contributed by atoms with Crippen molar-refractivity contribution >= 4 is 5.78 Å². The number of carbonyl (C=O) groups is 1. The molecule has 0 spiro atoms. The van der Waals surface area contributed by atoms with E-state index < -0.39 is 6.61 Å². The number of ketones is 1. The van der Waals surface area contributed by atoms with Gasteiger partial charge in [-0.05, 0) is 0 Å². The molecule has 54 valence electrons. The fourth-order valence-electron chi connectivity index (χ4n) is 0.296. The van der Waals surface area contributed by atoms with Crippen LogP contribution >= 0.6 is 0 Å². The summed E-state index contributed by atoms with van der Waals surface area (Å²) in [4.78, 5) is 10.2. The number of Topliss-reactive ketones (excluding diaryl/α,β-unsaturated/α-hetero) is 1. The molecule has 0 aliphatic carbocycles. The normalized spacial score (nSPS) is 9.56. The predicted molar refractivity (Wildman–Crippen MR) is 30.0 cm³/mol. The van der Waals surface area contributed by atoms with Gasteiger partial charge in [-0.1, -0.05) is 0 Å². The summed E-state index contributed by atoms with van der Waals surface area (Å²) < 4.78 is 4.58. The second-order valence-corrected chi connectivity index (χ2v) is 1.47. The third-order valence-corrected chi connectivity index (χ3v) is 0.675. The Balaban J connectivity index is 2.97. The monoisotopic (exact) mass is 134 g/mol. The topological polar surface area (TPSA) is 66.8 Å². The van der Waals surface area contributed by atoms with Gasteiger partial charge in [-0.25, -0.2) is 0 Å². The predicted octanol–water partition coefficient (Wildman–Crippen LogP) is -1.44. The zero-order chi connectivity index (χ0) is 7.11. The van der Waals surface area contributed by atoms with E-state index in [0.29, 0.717) is 0 Å². The molecule has 0 amide bonds. The molecule has 0 saturated carbocycles. The molecule has 0 aliphatic rings. The molecule has 9 heavy (non-hydrogen) atoms. The van der Waals surface area contributed by atoms with Crippen molar-refractivity contribution in [2.75, 3.05) is 26.4 Å². The molecule has 0 radical (unpaired) electrons. The maximum Gasteiger partial charge on any atom is 0.183 e. The summed E-state index contributed by atoms with van der Waals surface area (Å²) in [7, 11) is 0. The first-order chi connectivity index (χ1) is 4.31. The molecule has 0 aromatic carbocycles. The van der Waals surface area contributed by atoms with Crippen LogP contribution in [-0.4, -0.2) is 42.4 Å². The Morgan fingerprint density at radius 1 is 1.44 bits per heavy atom. The zero-order valence-electron chi connectivity index (χ0n) is 5.04. The molecular formula is C5H10O4. The summed E-state index contributed by atoms with van der Waals surface area (Å²) >= 11 is 0. The van der Waals surface area contributed by atoms with E-state index >= 15 is 0 Å². The van der Waals surface area contributed by atoms with Gasteiger partial charge in [0.05, 0.1) is 13.2 Å². The molecule has 0 saturated heterocycles. The minimum atomic E-state index is -0.495. The van der Waals surface area contributed by atoms with Gasteiger partial charge < -0.3 is 14.9 Å². The van der Waals surface area contributed by atoms with E-state index in [1.807, 2.05) is 0 Å². The van der Waals surface area contributed by atoms with Crippen LogP contribution in [0.4, 0.5) is 0 Å². The van der Waals surface area contributed by atoms with Gasteiger partial charge in [0.25, 0.3) is 0 Å². The third-order valence-electron chi connectivity index (χ3n) is 0.675. The SMILES string of the molecule is O=C(CO)COCCO. The lowest BCUT2D eigenvalue weighted by Gasteiger charge is -1.96. The van der Waals surface area contributed by atoms with Gasteiger partial charge in [0, 0.05) is 0 Å². The Hall–Kier alpha value is -0.450. The van der Waals surface area contributed by atoms with E-state index in [2.05, 4.69) is 4.74 Å². The maximum atomic E-state index is 10.2. The Morgan fingerprint density at radius 3 is 2.56 bits per heavy atom. The van der Waals surface area contributed by atoms with Gasteiger partial charge in [0.1, 0.15) is 13.2 Å². The van der Waals surface area contributed by atoms with Crippen LogP contribution in [0, 0.1) is 0 Å². The summed E-state index contributed by atoms with van der Waals surface area (Å²) in [5.41, 5.74) is 0. The smallest absolute Gasteiger partial charge is 0.183 e. The van der Waals surface area contributed by atoms with E-state index in [-0.39, 0.29) is 25.6 Å². The molecule has 0 rings (SSSR count). The first kappa shape index (κ1) is 8.55. The lowest BCUT2D eigenvalue weighted by atomic mass is 10.4. The first-order valence-corrected chi connectivity index (χ1v) is 2.62. The number of rotatable bonds is 5. The second kappa shape index (κ2) is 5.68. The molecule has 0 aliphatic heterocycles. The van der Waals surface area contributed by atoms with Crippen molar-refractivity contribution in [2.45, 2.75) is 0 Å². The van der Waals surface area contributed by atoms with Crippen molar-refractivity contribution in [1.29, 1.82) is 0 Å². The largest absolute Gasteiger partial charge is 0.394 e. The summed E-state index contributed by atoms with van der Waals surface area (Å²) in [5.74, 6) is -0.372. The number of carbonyl (C=O) groups excluding carboxylic acids is 1. The van der Waals surface area contributed by atoms with Crippen molar-refractivity contribution in [3.63, 3.8) is 0 Å². The van der Waals surface area contributed by atoms with Crippen LogP contribution in [0.2, 0.25) is 0 Å². The molecule has 0 heterocycles. The van der Waals surface area contributed by atoms with E-state index in [1.54, 1.807) is 0 Å². The van der Waals surface area contributed by atoms with Crippen LogP contribution in [0.1, 0.15) is 0 Å². The fraction of sp³-hybridized carbons (Fsp3) is 0.800. The number of hydrogen-bond acceptors (Lipinski definition) is 4. The second-order valence-electron chi connectivity index (χ2n) is 1.47. The number of hydrogen-bond donors (Lipinski definition) is 2. The highest BCUT2D eigenvalue weighted by molar-refractivity contribution is 5.80. The summed E-state index contributed by atoms with van der Waals surface area (Å²) in [5, 5.41) is 16.3. The molecule has 0 bridgehead atoms. The average Bonchev–Trinajstić information content (AvgIpc) is 1.89. The lowest BCUT2D eigenvalue weighted by Crippen LogP contribution is -2.13. The molecule has 0 fully saturated rings. The van der Waals surface area contributed by atoms with Crippen LogP contribution in [0.15, 0.2) is 0 Å². The molecule has 0 atom stereocenters. The van der Waals surface area contributed by atoms with Gasteiger partial charge in [-0.2, -0.15) is 0 Å². The molecule has 4 nitrogen and oxygen atoms in total. The van der Waals surface area contributed by atoms with E-state index in [0.717, 1.165) is 0 Å². The highest BCUT2D eigenvalue weighted by atomic mass is 16.5. The molecular weight excluding hydrogens is 124 g/mol. The Morgan fingerprint density at radius 2 is 2.11 bits per heavy atom. The first-order valence-electron chi connectivity index (χ1n) is 2.62. The number of ether oxygens (including phenoxy) is 1. The summed E-state index contributed by atoms with van der Waals surface area (Å²) in [6.07, 6.45) is 0. The minimum Gasteiger partial charge on any atom is -0.394 e. The van der Waals surface area contributed by atoms with Gasteiger partial charge in [-0.15, -0.1) is 0 Å². The van der Waals surface area contributed by atoms with Crippen LogP contribution in [0.3, 0.4) is 0 Å². The van der Waals surface area contributed by atoms with Crippen molar-refractivity contribution in [1.82, 2.24) is 0 Å². The summed E-state index contributed by atoms with van der Waals surface area (Å²) in [6, 6.07) is 0. The number of aliphatic hydroxyl groups is 2. The zero-order valence-corrected chi connectivity index (χ0v) is 5.04. The van der Waals surface area contributed by atoms with E-state index in [1.165, 1.54) is 0 Å². The molecule has 0 aromatic rings. The summed E-state index contributed by atoms with van der Waals surface area (Å²) in [6.45, 7) is -0.563. The van der Waals surface area contributed by atoms with Gasteiger partial charge in [0.15, 0.2) is 5.78 Å². The van der Waals surface area contributed by atoms with Crippen molar-refractivity contribution in [3.05, 3.63) is 0 Å². The third kappa shape index (κ3) is 5.42. The van der Waals surface area contributed by atoms with Crippen molar-refractivity contribution in [3.8, 4) is 0 Å². The fourth-order valence-corrected chi connectivity index (χ4v) is 0.296. The molecule has 0 aromatic heterocycles. The lowest BCUT2D eigenvalue weighted by molar-refractivity contribution is -0.126. The number of aliphatic hydroxyl groups excluding tert-OH is 2. The van der Waals surface area contributed by atoms with Crippen LogP contribution in [-0.2, 0) is 9.53 Å². The Bertz CT molecular complexity index is 81.0. The quantitative estimate of drug-likeness (QED) is 0.452. The van der Waals surface area contributed by atoms with Gasteiger partial charge >= 0.3 is 0 Å². The Kier molecular flexibility index (Phi) is 5.40. The van der Waals surface area contributed by atoms with Crippen molar-refractivity contribution < 1.29 is 19.7 Å². The maximum absolute atomic E-state index is 10.2. The Labute approximate surface area is 53.1 Å². The minimum absolute atomic E-state index is 0.0985. The molecule has 2 N–H and O–H groups in total. The van der Waals surface area contributed by atoms with Crippen LogP contribution in [0.5, 0.6) is 0 Å². The van der Waals surface area contributed by atoms with Gasteiger partial charge in [0.2, 0.25) is 0 Å². The standard InChI is InChI=1S/C5H10O4/c6-1-2-9-4-5(8)3-7/h6-7H,1-4H2. The van der Waals surface area contributed by atoms with Crippen LogP contribution < -0.4 is 0 Å². The van der Waals surface area contributed by atoms with E-state index in [9.17, 15) is 4.79 Å².